The molecule has 0 saturated carbocycles. The van der Waals surface area contributed by atoms with Crippen molar-refractivity contribution in [3.63, 3.8) is 0 Å². The Balaban J connectivity index is 2.23. The lowest BCUT2D eigenvalue weighted by Crippen LogP contribution is -2.19. The standard InChI is InChI=1S/C14H16ClNS/c1-10-8-11(15)5-6-13(10)14(16-2)9-12-4-3-7-17-12/h3-8,14,16H,9H2,1-2H3. The maximum absolute atomic E-state index is 5.99. The van der Waals surface area contributed by atoms with Gasteiger partial charge in [-0.1, -0.05) is 23.7 Å². The SMILES string of the molecule is CNC(Cc1cccs1)c1ccc(Cl)cc1C. The molecule has 2 aromatic rings. The van der Waals surface area contributed by atoms with E-state index in [1.807, 2.05) is 19.2 Å². The fourth-order valence-electron chi connectivity index (χ4n) is 2.03. The van der Waals surface area contributed by atoms with Gasteiger partial charge in [0, 0.05) is 22.4 Å². The van der Waals surface area contributed by atoms with Gasteiger partial charge in [0.05, 0.1) is 0 Å². The van der Waals surface area contributed by atoms with Gasteiger partial charge in [-0.2, -0.15) is 0 Å². The number of aryl methyl sites for hydroxylation is 1. The summed E-state index contributed by atoms with van der Waals surface area (Å²) in [6.07, 6.45) is 1.02. The van der Waals surface area contributed by atoms with Gasteiger partial charge in [-0.15, -0.1) is 11.3 Å². The maximum atomic E-state index is 5.99. The van der Waals surface area contributed by atoms with E-state index in [2.05, 4.69) is 35.8 Å². The van der Waals surface area contributed by atoms with Gasteiger partial charge in [0.1, 0.15) is 0 Å². The molecule has 0 radical (unpaired) electrons. The van der Waals surface area contributed by atoms with Crippen molar-refractivity contribution in [3.8, 4) is 0 Å². The maximum Gasteiger partial charge on any atom is 0.0408 e. The molecule has 0 bridgehead atoms. The molecule has 3 heteroatoms. The van der Waals surface area contributed by atoms with Crippen LogP contribution in [0.25, 0.3) is 0 Å². The van der Waals surface area contributed by atoms with Gasteiger partial charge >= 0.3 is 0 Å². The van der Waals surface area contributed by atoms with Crippen LogP contribution in [0.4, 0.5) is 0 Å². The Bertz CT molecular complexity index is 479. The molecule has 0 saturated heterocycles. The molecule has 1 unspecified atom stereocenters. The van der Waals surface area contributed by atoms with Gasteiger partial charge in [-0.25, -0.2) is 0 Å². The molecule has 0 fully saturated rings. The molecule has 1 aromatic heterocycles. The van der Waals surface area contributed by atoms with E-state index in [0.29, 0.717) is 6.04 Å². The highest BCUT2D eigenvalue weighted by Crippen LogP contribution is 2.25. The number of nitrogens with one attached hydrogen (secondary N) is 1. The number of hydrogen-bond acceptors (Lipinski definition) is 2. The second-order valence-electron chi connectivity index (χ2n) is 4.13. The Labute approximate surface area is 111 Å². The summed E-state index contributed by atoms with van der Waals surface area (Å²) >= 11 is 7.79. The lowest BCUT2D eigenvalue weighted by Gasteiger charge is -2.18. The van der Waals surface area contributed by atoms with Crippen molar-refractivity contribution >= 4 is 22.9 Å². The third-order valence-electron chi connectivity index (χ3n) is 2.94. The monoisotopic (exact) mass is 265 g/mol. The molecule has 0 amide bonds. The van der Waals surface area contributed by atoms with Gasteiger partial charge in [0.25, 0.3) is 0 Å². The summed E-state index contributed by atoms with van der Waals surface area (Å²) in [7, 11) is 2.01. The van der Waals surface area contributed by atoms with Crippen molar-refractivity contribution in [2.45, 2.75) is 19.4 Å². The second-order valence-corrected chi connectivity index (χ2v) is 5.59. The van der Waals surface area contributed by atoms with Gasteiger partial charge in [0.15, 0.2) is 0 Å². The van der Waals surface area contributed by atoms with E-state index in [-0.39, 0.29) is 0 Å². The minimum Gasteiger partial charge on any atom is -0.313 e. The average Bonchev–Trinajstić information content (AvgIpc) is 2.79. The number of likely N-dealkylation sites (N-methyl/N-ethyl adjacent to an activating group) is 1. The lowest BCUT2D eigenvalue weighted by atomic mass is 9.98. The van der Waals surface area contributed by atoms with Crippen LogP contribution in [0.3, 0.4) is 0 Å². The molecule has 1 nitrogen and oxygen atoms in total. The quantitative estimate of drug-likeness (QED) is 0.873. The van der Waals surface area contributed by atoms with Crippen LogP contribution in [0.5, 0.6) is 0 Å². The fourth-order valence-corrected chi connectivity index (χ4v) is 3.01. The molecule has 2 rings (SSSR count). The van der Waals surface area contributed by atoms with E-state index in [9.17, 15) is 0 Å². The summed E-state index contributed by atoms with van der Waals surface area (Å²) in [6, 6.07) is 10.7. The minimum atomic E-state index is 0.353. The van der Waals surface area contributed by atoms with Crippen LogP contribution in [-0.2, 0) is 6.42 Å². The van der Waals surface area contributed by atoms with E-state index >= 15 is 0 Å². The van der Waals surface area contributed by atoms with Crippen LogP contribution in [0.15, 0.2) is 35.7 Å². The van der Waals surface area contributed by atoms with E-state index in [0.717, 1.165) is 11.4 Å². The Morgan fingerprint density at radius 2 is 2.18 bits per heavy atom. The van der Waals surface area contributed by atoms with E-state index in [1.165, 1.54) is 16.0 Å². The van der Waals surface area contributed by atoms with Gasteiger partial charge in [0.2, 0.25) is 0 Å². The first-order chi connectivity index (χ1) is 8.20. The van der Waals surface area contributed by atoms with Crippen molar-refractivity contribution in [2.24, 2.45) is 0 Å². The van der Waals surface area contributed by atoms with E-state index in [1.54, 1.807) is 11.3 Å². The van der Waals surface area contributed by atoms with Crippen molar-refractivity contribution in [2.75, 3.05) is 7.05 Å². The molecule has 0 aliphatic rings. The molecular formula is C14H16ClNS. The third-order valence-corrected chi connectivity index (χ3v) is 4.07. The molecule has 1 N–H and O–H groups in total. The predicted molar refractivity (Wildman–Crippen MR) is 76.0 cm³/mol. The summed E-state index contributed by atoms with van der Waals surface area (Å²) in [5.41, 5.74) is 2.57. The van der Waals surface area contributed by atoms with Crippen molar-refractivity contribution in [1.82, 2.24) is 5.32 Å². The highest BCUT2D eigenvalue weighted by molar-refractivity contribution is 7.09. The summed E-state index contributed by atoms with van der Waals surface area (Å²) in [5.74, 6) is 0. The van der Waals surface area contributed by atoms with Crippen LogP contribution < -0.4 is 5.32 Å². The number of benzene rings is 1. The molecule has 1 atom stereocenters. The van der Waals surface area contributed by atoms with E-state index in [4.69, 9.17) is 11.6 Å². The zero-order valence-corrected chi connectivity index (χ0v) is 11.6. The zero-order valence-electron chi connectivity index (χ0n) is 10.0. The fraction of sp³-hybridized carbons (Fsp3) is 0.286. The van der Waals surface area contributed by atoms with Crippen LogP contribution in [-0.4, -0.2) is 7.05 Å². The van der Waals surface area contributed by atoms with Crippen molar-refractivity contribution in [3.05, 3.63) is 56.7 Å². The van der Waals surface area contributed by atoms with Gasteiger partial charge in [-0.05, 0) is 48.7 Å². The summed E-state index contributed by atoms with van der Waals surface area (Å²) < 4.78 is 0. The highest BCUT2D eigenvalue weighted by atomic mass is 35.5. The summed E-state index contributed by atoms with van der Waals surface area (Å²) in [5, 5.41) is 6.31. The molecule has 1 aromatic carbocycles. The second kappa shape index (κ2) is 5.67. The van der Waals surface area contributed by atoms with Crippen molar-refractivity contribution < 1.29 is 0 Å². The average molecular weight is 266 g/mol. The first-order valence-electron chi connectivity index (χ1n) is 5.66. The smallest absolute Gasteiger partial charge is 0.0408 e. The van der Waals surface area contributed by atoms with Gasteiger partial charge < -0.3 is 5.32 Å². The molecule has 0 aliphatic heterocycles. The predicted octanol–water partition coefficient (Wildman–Crippen LogP) is 4.21. The molecule has 17 heavy (non-hydrogen) atoms. The van der Waals surface area contributed by atoms with Crippen molar-refractivity contribution in [1.29, 1.82) is 0 Å². The third kappa shape index (κ3) is 3.09. The molecule has 0 spiro atoms. The van der Waals surface area contributed by atoms with Gasteiger partial charge in [-0.3, -0.25) is 0 Å². The Kier molecular flexibility index (Phi) is 4.21. The first-order valence-corrected chi connectivity index (χ1v) is 6.92. The van der Waals surface area contributed by atoms with Crippen LogP contribution in [0.1, 0.15) is 22.0 Å². The summed E-state index contributed by atoms with van der Waals surface area (Å²) in [6.45, 7) is 2.11. The molecule has 1 heterocycles. The van der Waals surface area contributed by atoms with Crippen LogP contribution >= 0.6 is 22.9 Å². The number of hydrogen-bond donors (Lipinski definition) is 1. The van der Waals surface area contributed by atoms with E-state index < -0.39 is 0 Å². The number of rotatable bonds is 4. The minimum absolute atomic E-state index is 0.353. The first kappa shape index (κ1) is 12.6. The topological polar surface area (TPSA) is 12.0 Å². The lowest BCUT2D eigenvalue weighted by molar-refractivity contribution is 0.593. The molecule has 0 aliphatic carbocycles. The normalized spacial score (nSPS) is 12.6. The van der Waals surface area contributed by atoms with Crippen LogP contribution in [0, 0.1) is 6.92 Å². The molecule has 90 valence electrons. The molecular weight excluding hydrogens is 250 g/mol. The highest BCUT2D eigenvalue weighted by Gasteiger charge is 2.13. The Hall–Kier alpha value is -0.830. The Morgan fingerprint density at radius 1 is 1.35 bits per heavy atom. The number of thiophene rings is 1. The van der Waals surface area contributed by atoms with Crippen LogP contribution in [0.2, 0.25) is 5.02 Å². The zero-order chi connectivity index (χ0) is 12.3. The number of halogens is 1. The Morgan fingerprint density at radius 3 is 2.76 bits per heavy atom. The summed E-state index contributed by atoms with van der Waals surface area (Å²) in [4.78, 5) is 1.40. The largest absolute Gasteiger partial charge is 0.313 e.